The summed E-state index contributed by atoms with van der Waals surface area (Å²) in [5, 5.41) is 12.0. The number of carboxylic acids is 1. The van der Waals surface area contributed by atoms with Crippen molar-refractivity contribution < 1.29 is 19.1 Å². The zero-order chi connectivity index (χ0) is 17.7. The van der Waals surface area contributed by atoms with Gasteiger partial charge in [0.15, 0.2) is 11.7 Å². The lowest BCUT2D eigenvalue weighted by atomic mass is 9.93. The highest BCUT2D eigenvalue weighted by Gasteiger charge is 2.37. The van der Waals surface area contributed by atoms with E-state index >= 15 is 0 Å². The van der Waals surface area contributed by atoms with Crippen molar-refractivity contribution in [3.8, 4) is 11.3 Å². The van der Waals surface area contributed by atoms with Crippen molar-refractivity contribution in [2.45, 2.75) is 50.5 Å². The molecule has 6 nitrogen and oxygen atoms in total. The molecule has 132 valence electrons. The van der Waals surface area contributed by atoms with Crippen molar-refractivity contribution in [3.05, 3.63) is 42.4 Å². The van der Waals surface area contributed by atoms with Crippen LogP contribution in [0.25, 0.3) is 11.3 Å². The molecule has 1 aromatic carbocycles. The number of rotatable bonds is 7. The molecule has 2 N–H and O–H groups in total. The van der Waals surface area contributed by atoms with Crippen molar-refractivity contribution in [1.29, 1.82) is 0 Å². The van der Waals surface area contributed by atoms with Crippen molar-refractivity contribution in [2.24, 2.45) is 0 Å². The molecule has 0 radical (unpaired) electrons. The maximum absolute atomic E-state index is 12.3. The Bertz CT molecular complexity index is 733. The lowest BCUT2D eigenvalue weighted by Gasteiger charge is -2.28. The van der Waals surface area contributed by atoms with Gasteiger partial charge in [-0.2, -0.15) is 0 Å². The quantitative estimate of drug-likeness (QED) is 0.806. The van der Waals surface area contributed by atoms with Crippen LogP contribution in [0.1, 0.15) is 44.4 Å². The first-order valence-corrected chi connectivity index (χ1v) is 8.59. The number of hydrogen-bond donors (Lipinski definition) is 2. The summed E-state index contributed by atoms with van der Waals surface area (Å²) >= 11 is 0. The van der Waals surface area contributed by atoms with Gasteiger partial charge in [-0.05, 0) is 12.8 Å². The van der Waals surface area contributed by atoms with Crippen LogP contribution < -0.4 is 5.32 Å². The van der Waals surface area contributed by atoms with Crippen LogP contribution in [0.4, 0.5) is 0 Å². The van der Waals surface area contributed by atoms with Crippen LogP contribution in [-0.4, -0.2) is 27.5 Å². The highest BCUT2D eigenvalue weighted by atomic mass is 16.4. The third-order valence-corrected chi connectivity index (χ3v) is 4.63. The minimum Gasteiger partial charge on any atom is -0.481 e. The van der Waals surface area contributed by atoms with E-state index in [4.69, 9.17) is 9.52 Å². The van der Waals surface area contributed by atoms with Crippen molar-refractivity contribution >= 4 is 11.9 Å². The predicted octanol–water partition coefficient (Wildman–Crippen LogP) is 3.18. The van der Waals surface area contributed by atoms with Gasteiger partial charge in [0.2, 0.25) is 5.91 Å². The van der Waals surface area contributed by atoms with Gasteiger partial charge in [0.25, 0.3) is 0 Å². The van der Waals surface area contributed by atoms with E-state index in [1.165, 1.54) is 0 Å². The number of hydrogen-bond acceptors (Lipinski definition) is 4. The van der Waals surface area contributed by atoms with E-state index in [0.29, 0.717) is 18.1 Å². The number of aliphatic carboxylic acids is 1. The minimum absolute atomic E-state index is 0.0180. The normalized spacial score (nSPS) is 15.8. The third-order valence-electron chi connectivity index (χ3n) is 4.63. The fourth-order valence-corrected chi connectivity index (χ4v) is 3.43. The molecule has 1 aliphatic carbocycles. The average molecular weight is 342 g/mol. The molecule has 1 saturated carbocycles. The molecule has 0 spiro atoms. The molecular weight excluding hydrogens is 320 g/mol. The Morgan fingerprint density at radius 3 is 2.60 bits per heavy atom. The van der Waals surface area contributed by atoms with Crippen molar-refractivity contribution in [2.75, 3.05) is 0 Å². The molecule has 3 rings (SSSR count). The summed E-state index contributed by atoms with van der Waals surface area (Å²) in [5.41, 5.74) is 0.353. The zero-order valence-corrected chi connectivity index (χ0v) is 14.0. The number of nitrogens with zero attached hydrogens (tertiary/aromatic N) is 1. The number of oxazole rings is 1. The van der Waals surface area contributed by atoms with Crippen molar-refractivity contribution in [3.63, 3.8) is 0 Å². The van der Waals surface area contributed by atoms with Crippen LogP contribution >= 0.6 is 0 Å². The number of carboxylic acid groups (broad SMARTS) is 1. The average Bonchev–Trinajstić information content (AvgIpc) is 3.23. The monoisotopic (exact) mass is 342 g/mol. The molecule has 1 amide bonds. The smallest absolute Gasteiger partial charge is 0.305 e. The molecule has 1 heterocycles. The standard InChI is InChI=1S/C19H22N2O4/c22-16(21-19(12-18(23)24)10-4-5-11-19)8-9-17-20-13-15(25-17)14-6-2-1-3-7-14/h1-3,6-7,13H,4-5,8-12H2,(H,21,22)(H,23,24). The number of nitrogens with one attached hydrogen (secondary N) is 1. The molecule has 0 unspecified atom stereocenters. The van der Waals surface area contributed by atoms with Gasteiger partial charge in [-0.3, -0.25) is 9.59 Å². The maximum atomic E-state index is 12.3. The van der Waals surface area contributed by atoms with Gasteiger partial charge in [0.1, 0.15) is 0 Å². The van der Waals surface area contributed by atoms with Crippen LogP contribution in [-0.2, 0) is 16.0 Å². The van der Waals surface area contributed by atoms with Crippen LogP contribution in [0.15, 0.2) is 40.9 Å². The van der Waals surface area contributed by atoms with E-state index in [1.807, 2.05) is 30.3 Å². The number of aryl methyl sites for hydroxylation is 1. The lowest BCUT2D eigenvalue weighted by molar-refractivity contribution is -0.139. The molecule has 25 heavy (non-hydrogen) atoms. The Morgan fingerprint density at radius 2 is 1.92 bits per heavy atom. The molecule has 0 saturated heterocycles. The minimum atomic E-state index is -0.873. The van der Waals surface area contributed by atoms with E-state index in [1.54, 1.807) is 6.20 Å². The van der Waals surface area contributed by atoms with Gasteiger partial charge in [0.05, 0.1) is 18.2 Å². The molecular formula is C19H22N2O4. The van der Waals surface area contributed by atoms with Crippen LogP contribution in [0, 0.1) is 0 Å². The fourth-order valence-electron chi connectivity index (χ4n) is 3.43. The third kappa shape index (κ3) is 4.47. The lowest BCUT2D eigenvalue weighted by Crippen LogP contribution is -2.47. The van der Waals surface area contributed by atoms with Crippen LogP contribution in [0.2, 0.25) is 0 Å². The summed E-state index contributed by atoms with van der Waals surface area (Å²) in [4.78, 5) is 27.6. The highest BCUT2D eigenvalue weighted by molar-refractivity contribution is 5.78. The summed E-state index contributed by atoms with van der Waals surface area (Å²) in [6.07, 6.45) is 5.62. The second-order valence-electron chi connectivity index (χ2n) is 6.59. The number of aromatic nitrogens is 1. The first kappa shape index (κ1) is 17.2. The van der Waals surface area contributed by atoms with Crippen LogP contribution in [0.3, 0.4) is 0 Å². The van der Waals surface area contributed by atoms with Gasteiger partial charge in [-0.15, -0.1) is 0 Å². The van der Waals surface area contributed by atoms with Gasteiger partial charge in [0, 0.05) is 18.4 Å². The molecule has 2 aromatic rings. The summed E-state index contributed by atoms with van der Waals surface area (Å²) in [6, 6.07) is 9.66. The number of benzene rings is 1. The Balaban J connectivity index is 1.55. The number of carbonyl (C=O) groups is 2. The fraction of sp³-hybridized carbons (Fsp3) is 0.421. The molecule has 0 aliphatic heterocycles. The van der Waals surface area contributed by atoms with Gasteiger partial charge < -0.3 is 14.8 Å². The predicted molar refractivity (Wildman–Crippen MR) is 91.9 cm³/mol. The summed E-state index contributed by atoms with van der Waals surface area (Å²) < 4.78 is 5.69. The van der Waals surface area contributed by atoms with E-state index in [9.17, 15) is 9.59 Å². The Kier molecular flexibility index (Phi) is 5.16. The summed E-state index contributed by atoms with van der Waals surface area (Å²) in [6.45, 7) is 0. The molecule has 1 fully saturated rings. The second-order valence-corrected chi connectivity index (χ2v) is 6.59. The van der Waals surface area contributed by atoms with Gasteiger partial charge in [-0.1, -0.05) is 43.2 Å². The van der Waals surface area contributed by atoms with Gasteiger partial charge >= 0.3 is 5.97 Å². The van der Waals surface area contributed by atoms with Crippen LogP contribution in [0.5, 0.6) is 0 Å². The summed E-state index contributed by atoms with van der Waals surface area (Å²) in [7, 11) is 0. The summed E-state index contributed by atoms with van der Waals surface area (Å²) in [5.74, 6) is 0.159. The second kappa shape index (κ2) is 7.51. The largest absolute Gasteiger partial charge is 0.481 e. The topological polar surface area (TPSA) is 92.4 Å². The number of carbonyl (C=O) groups excluding carboxylic acids is 1. The Labute approximate surface area is 146 Å². The van der Waals surface area contributed by atoms with E-state index in [-0.39, 0.29) is 18.7 Å². The maximum Gasteiger partial charge on any atom is 0.305 e. The number of amides is 1. The first-order chi connectivity index (χ1) is 12.1. The Hall–Kier alpha value is -2.63. The van der Waals surface area contributed by atoms with E-state index in [2.05, 4.69) is 10.3 Å². The SMILES string of the molecule is O=C(O)CC1(NC(=O)CCc2ncc(-c3ccccc3)o2)CCCC1. The first-order valence-electron chi connectivity index (χ1n) is 8.59. The molecule has 0 atom stereocenters. The molecule has 1 aliphatic rings. The van der Waals surface area contributed by atoms with E-state index in [0.717, 1.165) is 31.2 Å². The highest BCUT2D eigenvalue weighted by Crippen LogP contribution is 2.32. The van der Waals surface area contributed by atoms with E-state index < -0.39 is 11.5 Å². The molecule has 0 bridgehead atoms. The molecule has 1 aromatic heterocycles. The Morgan fingerprint density at radius 1 is 1.20 bits per heavy atom. The van der Waals surface area contributed by atoms with Gasteiger partial charge in [-0.25, -0.2) is 4.98 Å². The zero-order valence-electron chi connectivity index (χ0n) is 14.0. The molecule has 6 heteroatoms. The van der Waals surface area contributed by atoms with Crippen molar-refractivity contribution in [1.82, 2.24) is 10.3 Å².